The molecule has 1 amide bonds. The molecular formula is C25H32N4O2S2. The first-order chi connectivity index (χ1) is 16.0. The lowest BCUT2D eigenvalue weighted by molar-refractivity contribution is -0.122. The molecule has 33 heavy (non-hydrogen) atoms. The number of carbonyl (C=O) groups is 1. The Bertz CT molecular complexity index is 1140. The SMILES string of the molecule is CCCCCCCN1C(=O)/C(=C\c2c(N3CCCCC3)nc3c(C)cccn3c2=O)SC1=S. The van der Waals surface area contributed by atoms with Crippen molar-refractivity contribution in [3.8, 4) is 0 Å². The first-order valence-electron chi connectivity index (χ1n) is 12.0. The van der Waals surface area contributed by atoms with E-state index in [1.807, 2.05) is 19.1 Å². The van der Waals surface area contributed by atoms with Crippen LogP contribution in [0.4, 0.5) is 5.82 Å². The quantitative estimate of drug-likeness (QED) is 0.293. The smallest absolute Gasteiger partial charge is 0.267 e. The molecule has 0 aliphatic carbocycles. The fourth-order valence-corrected chi connectivity index (χ4v) is 5.76. The average molecular weight is 485 g/mol. The van der Waals surface area contributed by atoms with Gasteiger partial charge < -0.3 is 4.90 Å². The molecule has 0 aromatic carbocycles. The maximum Gasteiger partial charge on any atom is 0.267 e. The lowest BCUT2D eigenvalue weighted by Crippen LogP contribution is -2.34. The van der Waals surface area contributed by atoms with E-state index < -0.39 is 0 Å². The number of carbonyl (C=O) groups excluding carboxylic acids is 1. The molecule has 176 valence electrons. The Balaban J connectivity index is 1.68. The second kappa shape index (κ2) is 10.8. The number of hydrogen-bond acceptors (Lipinski definition) is 6. The van der Waals surface area contributed by atoms with Crippen molar-refractivity contribution in [3.05, 3.63) is 44.7 Å². The molecule has 8 heteroatoms. The Morgan fingerprint density at radius 2 is 1.88 bits per heavy atom. The van der Waals surface area contributed by atoms with Gasteiger partial charge in [0.05, 0.1) is 10.5 Å². The van der Waals surface area contributed by atoms with Crippen LogP contribution in [0.15, 0.2) is 28.0 Å². The van der Waals surface area contributed by atoms with Crippen molar-refractivity contribution < 1.29 is 4.79 Å². The number of hydrogen-bond donors (Lipinski definition) is 0. The molecule has 2 aromatic rings. The number of thiocarbonyl (C=S) groups is 1. The number of aryl methyl sites for hydroxylation is 1. The van der Waals surface area contributed by atoms with E-state index in [0.717, 1.165) is 44.3 Å². The van der Waals surface area contributed by atoms with Crippen molar-refractivity contribution in [3.63, 3.8) is 0 Å². The number of nitrogens with zero attached hydrogens (tertiary/aromatic N) is 4. The van der Waals surface area contributed by atoms with Gasteiger partial charge >= 0.3 is 0 Å². The van der Waals surface area contributed by atoms with E-state index in [0.29, 0.717) is 32.8 Å². The van der Waals surface area contributed by atoms with E-state index in [1.54, 1.807) is 21.6 Å². The van der Waals surface area contributed by atoms with Gasteiger partial charge in [-0.2, -0.15) is 0 Å². The highest BCUT2D eigenvalue weighted by Gasteiger charge is 2.32. The minimum atomic E-state index is -0.144. The number of pyridine rings is 1. The number of unbranched alkanes of at least 4 members (excludes halogenated alkanes) is 4. The van der Waals surface area contributed by atoms with Gasteiger partial charge in [-0.1, -0.05) is 62.7 Å². The van der Waals surface area contributed by atoms with E-state index in [9.17, 15) is 9.59 Å². The molecular weight excluding hydrogens is 452 g/mol. The van der Waals surface area contributed by atoms with Gasteiger partial charge in [0.25, 0.3) is 11.5 Å². The second-order valence-electron chi connectivity index (χ2n) is 8.83. The van der Waals surface area contributed by atoms with Gasteiger partial charge in [-0.3, -0.25) is 18.9 Å². The van der Waals surface area contributed by atoms with Gasteiger partial charge in [0.2, 0.25) is 0 Å². The average Bonchev–Trinajstić information content (AvgIpc) is 3.09. The zero-order chi connectivity index (χ0) is 23.4. The molecule has 2 fully saturated rings. The van der Waals surface area contributed by atoms with Crippen molar-refractivity contribution in [2.24, 2.45) is 0 Å². The highest BCUT2D eigenvalue weighted by molar-refractivity contribution is 8.26. The van der Waals surface area contributed by atoms with Crippen LogP contribution in [0, 0.1) is 6.92 Å². The fourth-order valence-electron chi connectivity index (χ4n) is 4.47. The lowest BCUT2D eigenvalue weighted by atomic mass is 10.1. The maximum absolute atomic E-state index is 13.6. The number of thioether (sulfide) groups is 1. The molecule has 0 saturated carbocycles. The normalized spacial score (nSPS) is 18.2. The van der Waals surface area contributed by atoms with Crippen molar-refractivity contribution in [1.29, 1.82) is 0 Å². The molecule has 4 heterocycles. The van der Waals surface area contributed by atoms with Crippen LogP contribution in [-0.4, -0.2) is 44.1 Å². The van der Waals surface area contributed by atoms with Crippen LogP contribution in [0.1, 0.15) is 69.4 Å². The number of fused-ring (bicyclic) bond motifs is 1. The largest absolute Gasteiger partial charge is 0.356 e. The summed E-state index contributed by atoms with van der Waals surface area (Å²) in [5.41, 5.74) is 1.95. The Kier molecular flexibility index (Phi) is 7.86. The van der Waals surface area contributed by atoms with E-state index in [4.69, 9.17) is 17.2 Å². The molecule has 2 aliphatic rings. The van der Waals surface area contributed by atoms with Crippen molar-refractivity contribution in [1.82, 2.24) is 14.3 Å². The van der Waals surface area contributed by atoms with Gasteiger partial charge in [-0.15, -0.1) is 0 Å². The molecule has 6 nitrogen and oxygen atoms in total. The van der Waals surface area contributed by atoms with Crippen molar-refractivity contribution >= 4 is 51.7 Å². The van der Waals surface area contributed by atoms with Gasteiger partial charge in [-0.25, -0.2) is 4.98 Å². The Morgan fingerprint density at radius 3 is 2.64 bits per heavy atom. The zero-order valence-corrected chi connectivity index (χ0v) is 21.1. The van der Waals surface area contributed by atoms with Gasteiger partial charge in [0.1, 0.15) is 15.8 Å². The Morgan fingerprint density at radius 1 is 1.12 bits per heavy atom. The summed E-state index contributed by atoms with van der Waals surface area (Å²) in [6, 6.07) is 3.82. The summed E-state index contributed by atoms with van der Waals surface area (Å²) in [6.07, 6.45) is 12.4. The number of anilines is 1. The Hall–Kier alpha value is -2.19. The first-order valence-corrected chi connectivity index (χ1v) is 13.3. The van der Waals surface area contributed by atoms with Crippen molar-refractivity contribution in [2.45, 2.75) is 65.2 Å². The summed E-state index contributed by atoms with van der Waals surface area (Å²) in [7, 11) is 0. The molecule has 2 saturated heterocycles. The third kappa shape index (κ3) is 5.17. The van der Waals surface area contributed by atoms with Crippen LogP contribution in [0.2, 0.25) is 0 Å². The molecule has 0 unspecified atom stereocenters. The van der Waals surface area contributed by atoms with E-state index in [1.165, 1.54) is 37.4 Å². The van der Waals surface area contributed by atoms with Crippen LogP contribution < -0.4 is 10.5 Å². The van der Waals surface area contributed by atoms with E-state index in [2.05, 4.69) is 11.8 Å². The monoisotopic (exact) mass is 484 g/mol. The Labute approximate surface area is 205 Å². The summed E-state index contributed by atoms with van der Waals surface area (Å²) in [4.78, 5) is 36.0. The molecule has 0 N–H and O–H groups in total. The van der Waals surface area contributed by atoms with Crippen LogP contribution in [0.5, 0.6) is 0 Å². The summed E-state index contributed by atoms with van der Waals surface area (Å²) >= 11 is 6.81. The predicted octanol–water partition coefficient (Wildman–Crippen LogP) is 5.16. The highest BCUT2D eigenvalue weighted by atomic mass is 32.2. The number of aromatic nitrogens is 2. The molecule has 0 radical (unpaired) electrons. The first kappa shape index (κ1) is 24.0. The van der Waals surface area contributed by atoms with Gasteiger partial charge in [0.15, 0.2) is 0 Å². The topological polar surface area (TPSA) is 57.9 Å². The van der Waals surface area contributed by atoms with E-state index >= 15 is 0 Å². The molecule has 0 bridgehead atoms. The predicted molar refractivity (Wildman–Crippen MR) is 141 cm³/mol. The molecule has 4 rings (SSSR count). The molecule has 2 aliphatic heterocycles. The molecule has 0 atom stereocenters. The van der Waals surface area contributed by atoms with Crippen LogP contribution in [0.25, 0.3) is 11.7 Å². The maximum atomic E-state index is 13.6. The van der Waals surface area contributed by atoms with E-state index in [-0.39, 0.29) is 11.5 Å². The number of amides is 1. The summed E-state index contributed by atoms with van der Waals surface area (Å²) < 4.78 is 2.16. The minimum absolute atomic E-state index is 0.0983. The minimum Gasteiger partial charge on any atom is -0.356 e. The fraction of sp³-hybridized carbons (Fsp3) is 0.520. The molecule has 2 aromatic heterocycles. The summed E-state index contributed by atoms with van der Waals surface area (Å²) in [5.74, 6) is 0.581. The summed E-state index contributed by atoms with van der Waals surface area (Å²) in [6.45, 7) is 6.53. The van der Waals surface area contributed by atoms with Crippen molar-refractivity contribution in [2.75, 3.05) is 24.5 Å². The third-order valence-corrected chi connectivity index (χ3v) is 7.73. The zero-order valence-electron chi connectivity index (χ0n) is 19.5. The van der Waals surface area contributed by atoms with Crippen LogP contribution in [0.3, 0.4) is 0 Å². The number of piperidine rings is 1. The molecule has 0 spiro atoms. The van der Waals surface area contributed by atoms with Crippen LogP contribution in [-0.2, 0) is 4.79 Å². The van der Waals surface area contributed by atoms with Gasteiger partial charge in [0, 0.05) is 25.8 Å². The second-order valence-corrected chi connectivity index (χ2v) is 10.5. The lowest BCUT2D eigenvalue weighted by Gasteiger charge is -2.29. The summed E-state index contributed by atoms with van der Waals surface area (Å²) in [5, 5.41) is 0. The third-order valence-electron chi connectivity index (χ3n) is 6.35. The van der Waals surface area contributed by atoms with Crippen LogP contribution >= 0.6 is 24.0 Å². The number of rotatable bonds is 8. The standard InChI is InChI=1S/C25H32N4O2S2/c1-3-4-5-6-10-15-29-24(31)20(33-25(29)32)17-19-22(27-13-8-7-9-14-27)26-21-18(2)12-11-16-28(21)23(19)30/h11-12,16-17H,3-10,13-15H2,1-2H3/b20-17+. The highest BCUT2D eigenvalue weighted by Crippen LogP contribution is 2.34. The van der Waals surface area contributed by atoms with Gasteiger partial charge in [-0.05, 0) is 50.3 Å².